The third-order valence-electron chi connectivity index (χ3n) is 2.53. The topological polar surface area (TPSA) is 93.2 Å². The van der Waals surface area contributed by atoms with Crippen molar-refractivity contribution in [3.8, 4) is 0 Å². The van der Waals surface area contributed by atoms with E-state index in [4.69, 9.17) is 29.0 Å². The van der Waals surface area contributed by atoms with Crippen molar-refractivity contribution in [3.05, 3.63) is 56.6 Å². The molecule has 0 bridgehead atoms. The van der Waals surface area contributed by atoms with Crippen LogP contribution in [-0.4, -0.2) is 4.92 Å². The largest absolute Gasteiger partial charge is 0.354 e. The number of nitrogens with two attached hydrogens (primary N) is 1. The van der Waals surface area contributed by atoms with Gasteiger partial charge in [-0.1, -0.05) is 29.3 Å². The fraction of sp³-hybridized carbons (Fsp3) is 0. The maximum absolute atomic E-state index is 10.9. The first-order valence-corrected chi connectivity index (χ1v) is 6.24. The SMILES string of the molecule is NNc1cc(Nc2cccc(Cl)c2Cl)cc([N+](=O)[O-])c1. The first-order valence-electron chi connectivity index (χ1n) is 5.48. The van der Waals surface area contributed by atoms with Crippen LogP contribution in [-0.2, 0) is 0 Å². The molecule has 0 aliphatic rings. The van der Waals surface area contributed by atoms with Gasteiger partial charge in [0.1, 0.15) is 0 Å². The summed E-state index contributed by atoms with van der Waals surface area (Å²) >= 11 is 12.0. The second-order valence-corrected chi connectivity index (χ2v) is 4.68. The Morgan fingerprint density at radius 1 is 1.15 bits per heavy atom. The number of hydrogen-bond donors (Lipinski definition) is 3. The van der Waals surface area contributed by atoms with Gasteiger partial charge in [0.2, 0.25) is 0 Å². The van der Waals surface area contributed by atoms with E-state index in [0.717, 1.165) is 0 Å². The zero-order valence-corrected chi connectivity index (χ0v) is 11.6. The van der Waals surface area contributed by atoms with E-state index in [1.807, 2.05) is 0 Å². The fourth-order valence-electron chi connectivity index (χ4n) is 1.63. The van der Waals surface area contributed by atoms with Crippen LogP contribution < -0.4 is 16.6 Å². The Morgan fingerprint density at radius 2 is 1.85 bits per heavy atom. The van der Waals surface area contributed by atoms with Crippen LogP contribution in [0.2, 0.25) is 10.0 Å². The highest BCUT2D eigenvalue weighted by Gasteiger charge is 2.11. The summed E-state index contributed by atoms with van der Waals surface area (Å²) in [6.07, 6.45) is 0. The second kappa shape index (κ2) is 5.96. The van der Waals surface area contributed by atoms with E-state index in [-0.39, 0.29) is 5.69 Å². The quantitative estimate of drug-likeness (QED) is 0.452. The number of nitrogen functional groups attached to an aromatic ring is 1. The van der Waals surface area contributed by atoms with Crippen LogP contribution in [0.3, 0.4) is 0 Å². The van der Waals surface area contributed by atoms with Crippen molar-refractivity contribution in [2.24, 2.45) is 5.84 Å². The van der Waals surface area contributed by atoms with E-state index >= 15 is 0 Å². The molecule has 0 spiro atoms. The summed E-state index contributed by atoms with van der Waals surface area (Å²) in [5.74, 6) is 5.29. The number of rotatable bonds is 4. The molecule has 0 aliphatic heterocycles. The second-order valence-electron chi connectivity index (χ2n) is 3.90. The number of benzene rings is 2. The van der Waals surface area contributed by atoms with Crippen molar-refractivity contribution in [1.29, 1.82) is 0 Å². The number of nitrogens with zero attached hydrogens (tertiary/aromatic N) is 1. The van der Waals surface area contributed by atoms with E-state index in [1.165, 1.54) is 12.1 Å². The molecule has 0 heterocycles. The molecule has 2 rings (SSSR count). The Bertz CT molecular complexity index is 664. The molecule has 0 radical (unpaired) electrons. The van der Waals surface area contributed by atoms with Gasteiger partial charge in [0.25, 0.3) is 5.69 Å². The lowest BCUT2D eigenvalue weighted by Gasteiger charge is -2.10. The Balaban J connectivity index is 2.40. The van der Waals surface area contributed by atoms with Crippen molar-refractivity contribution < 1.29 is 4.92 Å². The minimum absolute atomic E-state index is 0.0962. The molecule has 20 heavy (non-hydrogen) atoms. The molecule has 0 aromatic heterocycles. The summed E-state index contributed by atoms with van der Waals surface area (Å²) in [7, 11) is 0. The molecule has 0 amide bonds. The average Bonchev–Trinajstić information content (AvgIpc) is 2.43. The van der Waals surface area contributed by atoms with Gasteiger partial charge in [-0.05, 0) is 18.2 Å². The molecular weight excluding hydrogens is 303 g/mol. The number of non-ortho nitro benzene ring substituents is 1. The highest BCUT2D eigenvalue weighted by atomic mass is 35.5. The first kappa shape index (κ1) is 14.4. The maximum Gasteiger partial charge on any atom is 0.273 e. The highest BCUT2D eigenvalue weighted by Crippen LogP contribution is 2.33. The molecule has 0 saturated heterocycles. The van der Waals surface area contributed by atoms with Crippen molar-refractivity contribution in [3.63, 3.8) is 0 Å². The Hall–Kier alpha value is -2.02. The van der Waals surface area contributed by atoms with Crippen LogP contribution in [0.25, 0.3) is 0 Å². The summed E-state index contributed by atoms with van der Waals surface area (Å²) < 4.78 is 0. The molecule has 8 heteroatoms. The van der Waals surface area contributed by atoms with E-state index in [0.29, 0.717) is 27.1 Å². The normalized spacial score (nSPS) is 10.2. The minimum atomic E-state index is -0.508. The van der Waals surface area contributed by atoms with Gasteiger partial charge in [-0.25, -0.2) is 0 Å². The van der Waals surface area contributed by atoms with Gasteiger partial charge in [0, 0.05) is 17.8 Å². The van der Waals surface area contributed by atoms with Crippen molar-refractivity contribution in [2.45, 2.75) is 0 Å². The molecule has 2 aromatic rings. The number of halogens is 2. The zero-order chi connectivity index (χ0) is 14.7. The summed E-state index contributed by atoms with van der Waals surface area (Å²) in [6.45, 7) is 0. The van der Waals surface area contributed by atoms with Gasteiger partial charge >= 0.3 is 0 Å². The van der Waals surface area contributed by atoms with Crippen LogP contribution in [0.15, 0.2) is 36.4 Å². The molecular formula is C12H10Cl2N4O2. The monoisotopic (exact) mass is 312 g/mol. The zero-order valence-electron chi connectivity index (χ0n) is 10.1. The standard InChI is InChI=1S/C12H10Cl2N4O2/c13-10-2-1-3-11(12(10)14)16-7-4-8(17-15)6-9(5-7)18(19)20/h1-6,16-17H,15H2. The molecule has 0 atom stereocenters. The van der Waals surface area contributed by atoms with Gasteiger partial charge in [-0.3, -0.25) is 16.0 Å². The van der Waals surface area contributed by atoms with Gasteiger partial charge in [0.05, 0.1) is 26.3 Å². The molecule has 4 N–H and O–H groups in total. The predicted molar refractivity (Wildman–Crippen MR) is 80.7 cm³/mol. The number of anilines is 3. The molecule has 0 unspecified atom stereocenters. The van der Waals surface area contributed by atoms with Gasteiger partial charge in [-0.2, -0.15) is 0 Å². The number of hydrogen-bond acceptors (Lipinski definition) is 5. The van der Waals surface area contributed by atoms with E-state index in [9.17, 15) is 10.1 Å². The van der Waals surface area contributed by atoms with Crippen molar-refractivity contribution in [1.82, 2.24) is 0 Å². The van der Waals surface area contributed by atoms with Gasteiger partial charge < -0.3 is 10.7 Å². The third-order valence-corrected chi connectivity index (χ3v) is 3.34. The van der Waals surface area contributed by atoms with E-state index in [1.54, 1.807) is 24.3 Å². The molecule has 6 nitrogen and oxygen atoms in total. The highest BCUT2D eigenvalue weighted by molar-refractivity contribution is 6.43. The number of nitro benzene ring substituents is 1. The molecule has 0 fully saturated rings. The molecule has 0 aliphatic carbocycles. The average molecular weight is 313 g/mol. The Kier molecular flexibility index (Phi) is 4.29. The molecule has 104 valence electrons. The summed E-state index contributed by atoms with van der Waals surface area (Å²) in [5.41, 5.74) is 3.69. The lowest BCUT2D eigenvalue weighted by Crippen LogP contribution is -2.07. The third kappa shape index (κ3) is 3.11. The number of nitrogens with one attached hydrogen (secondary N) is 2. The van der Waals surface area contributed by atoms with Crippen LogP contribution in [0.1, 0.15) is 0 Å². The number of hydrazine groups is 1. The first-order chi connectivity index (χ1) is 9.51. The fourth-order valence-corrected chi connectivity index (χ4v) is 1.98. The maximum atomic E-state index is 10.9. The molecule has 0 saturated carbocycles. The van der Waals surface area contributed by atoms with Crippen molar-refractivity contribution in [2.75, 3.05) is 10.7 Å². The van der Waals surface area contributed by atoms with E-state index < -0.39 is 4.92 Å². The van der Waals surface area contributed by atoms with Crippen LogP contribution in [0.5, 0.6) is 0 Å². The Morgan fingerprint density at radius 3 is 2.50 bits per heavy atom. The van der Waals surface area contributed by atoms with Crippen molar-refractivity contribution >= 4 is 46.0 Å². The van der Waals surface area contributed by atoms with E-state index in [2.05, 4.69) is 10.7 Å². The lowest BCUT2D eigenvalue weighted by molar-refractivity contribution is -0.384. The number of nitro groups is 1. The van der Waals surface area contributed by atoms with Crippen LogP contribution in [0.4, 0.5) is 22.7 Å². The van der Waals surface area contributed by atoms with Crippen LogP contribution in [0, 0.1) is 10.1 Å². The Labute approximate surface area is 124 Å². The van der Waals surface area contributed by atoms with Gasteiger partial charge in [0.15, 0.2) is 0 Å². The smallest absolute Gasteiger partial charge is 0.273 e. The molecule has 2 aromatic carbocycles. The summed E-state index contributed by atoms with van der Waals surface area (Å²) in [6, 6.07) is 9.39. The summed E-state index contributed by atoms with van der Waals surface area (Å²) in [5, 5.41) is 14.5. The predicted octanol–water partition coefficient (Wildman–Crippen LogP) is 3.93. The summed E-state index contributed by atoms with van der Waals surface area (Å²) in [4.78, 5) is 10.3. The van der Waals surface area contributed by atoms with Gasteiger partial charge in [-0.15, -0.1) is 0 Å². The lowest BCUT2D eigenvalue weighted by atomic mass is 10.2. The minimum Gasteiger partial charge on any atom is -0.354 e. The van der Waals surface area contributed by atoms with Crippen LogP contribution >= 0.6 is 23.2 Å².